The van der Waals surface area contributed by atoms with Crippen LogP contribution in [-0.2, 0) is 9.59 Å². The van der Waals surface area contributed by atoms with Gasteiger partial charge < -0.3 is 15.1 Å². The van der Waals surface area contributed by atoms with Gasteiger partial charge in [0, 0.05) is 25.0 Å². The zero-order valence-corrected chi connectivity index (χ0v) is 14.7. The van der Waals surface area contributed by atoms with E-state index in [1.807, 2.05) is 0 Å². The lowest BCUT2D eigenvalue weighted by Crippen LogP contribution is -2.41. The maximum Gasteiger partial charge on any atom is 0.282 e. The minimum absolute atomic E-state index is 0.0115. The van der Waals surface area contributed by atoms with Crippen LogP contribution in [0.1, 0.15) is 0 Å². The average Bonchev–Trinajstić information content (AvgIpc) is 2.88. The molecule has 1 heterocycles. The SMILES string of the molecule is CN(CC(=O)Nc1ccc(Cl)c(Cl)c1)C(=O)CN1CCSC1=O. The number of carbonyl (C=O) groups excluding carboxylic acids is 3. The number of thioether (sulfide) groups is 1. The molecule has 1 fully saturated rings. The van der Waals surface area contributed by atoms with Gasteiger partial charge in [0.15, 0.2) is 0 Å². The average molecular weight is 376 g/mol. The summed E-state index contributed by atoms with van der Waals surface area (Å²) in [5, 5.41) is 3.26. The van der Waals surface area contributed by atoms with Crippen LogP contribution in [0.25, 0.3) is 0 Å². The Labute approximate surface area is 148 Å². The minimum atomic E-state index is -0.360. The number of carbonyl (C=O) groups is 3. The number of nitrogens with zero attached hydrogens (tertiary/aromatic N) is 2. The maximum atomic E-state index is 12.0. The summed E-state index contributed by atoms with van der Waals surface area (Å²) in [5.74, 6) is 0.0414. The van der Waals surface area contributed by atoms with E-state index in [1.54, 1.807) is 12.1 Å². The van der Waals surface area contributed by atoms with Gasteiger partial charge in [-0.25, -0.2) is 0 Å². The third kappa shape index (κ3) is 5.02. The van der Waals surface area contributed by atoms with Gasteiger partial charge in [-0.05, 0) is 18.2 Å². The number of hydrogen-bond acceptors (Lipinski definition) is 4. The Morgan fingerprint density at radius 3 is 2.70 bits per heavy atom. The molecule has 9 heteroatoms. The Morgan fingerprint density at radius 1 is 1.35 bits per heavy atom. The predicted molar refractivity (Wildman–Crippen MR) is 92.2 cm³/mol. The molecule has 0 saturated carbocycles. The van der Waals surface area contributed by atoms with Crippen molar-refractivity contribution in [3.8, 4) is 0 Å². The normalized spacial score (nSPS) is 14.0. The van der Waals surface area contributed by atoms with Gasteiger partial charge in [0.2, 0.25) is 11.8 Å². The van der Waals surface area contributed by atoms with E-state index in [1.165, 1.54) is 34.7 Å². The van der Waals surface area contributed by atoms with Crippen LogP contribution in [0.5, 0.6) is 0 Å². The molecule has 124 valence electrons. The molecule has 0 aliphatic carbocycles. The highest BCUT2D eigenvalue weighted by Gasteiger charge is 2.25. The lowest BCUT2D eigenvalue weighted by Gasteiger charge is -2.20. The van der Waals surface area contributed by atoms with Crippen molar-refractivity contribution in [2.75, 3.05) is 37.8 Å². The molecule has 3 amide bonds. The number of halogens is 2. The van der Waals surface area contributed by atoms with Gasteiger partial charge in [0.05, 0.1) is 16.6 Å². The molecule has 1 aliphatic heterocycles. The topological polar surface area (TPSA) is 69.7 Å². The monoisotopic (exact) mass is 375 g/mol. The molecule has 1 aliphatic rings. The minimum Gasteiger partial charge on any atom is -0.335 e. The van der Waals surface area contributed by atoms with Gasteiger partial charge in [-0.15, -0.1) is 0 Å². The Morgan fingerprint density at radius 2 is 2.09 bits per heavy atom. The second-order valence-corrected chi connectivity index (χ2v) is 6.82. The molecule has 0 unspecified atom stereocenters. The number of anilines is 1. The number of nitrogens with one attached hydrogen (secondary N) is 1. The van der Waals surface area contributed by atoms with Crippen LogP contribution in [0.2, 0.25) is 10.0 Å². The van der Waals surface area contributed by atoms with Gasteiger partial charge in [0.25, 0.3) is 5.24 Å². The van der Waals surface area contributed by atoms with Crippen LogP contribution < -0.4 is 5.32 Å². The predicted octanol–water partition coefficient (Wildman–Crippen LogP) is 2.56. The third-order valence-electron chi connectivity index (χ3n) is 3.18. The zero-order chi connectivity index (χ0) is 17.0. The third-order valence-corrected chi connectivity index (χ3v) is 4.81. The fourth-order valence-electron chi connectivity index (χ4n) is 1.93. The number of likely N-dealkylation sites (N-methyl/N-ethyl adjacent to an activating group) is 1. The molecule has 1 N–H and O–H groups in total. The number of benzene rings is 1. The van der Waals surface area contributed by atoms with Crippen LogP contribution >= 0.6 is 35.0 Å². The molecule has 23 heavy (non-hydrogen) atoms. The summed E-state index contributed by atoms with van der Waals surface area (Å²) < 4.78 is 0. The maximum absolute atomic E-state index is 12.0. The Balaban J connectivity index is 1.84. The fraction of sp³-hybridized carbons (Fsp3) is 0.357. The summed E-state index contributed by atoms with van der Waals surface area (Å²) in [4.78, 5) is 38.2. The quantitative estimate of drug-likeness (QED) is 0.858. The van der Waals surface area contributed by atoms with Crippen LogP contribution in [0.15, 0.2) is 18.2 Å². The lowest BCUT2D eigenvalue weighted by atomic mass is 10.3. The molecule has 2 rings (SSSR count). The van der Waals surface area contributed by atoms with Gasteiger partial charge in [0.1, 0.15) is 6.54 Å². The van der Waals surface area contributed by atoms with Crippen molar-refractivity contribution in [3.05, 3.63) is 28.2 Å². The Kier molecular flexibility index (Phi) is 6.15. The highest BCUT2D eigenvalue weighted by molar-refractivity contribution is 8.13. The second kappa shape index (κ2) is 7.90. The molecule has 1 saturated heterocycles. The molecule has 0 spiro atoms. The number of hydrogen-bond donors (Lipinski definition) is 1. The first-order chi connectivity index (χ1) is 10.9. The van der Waals surface area contributed by atoms with E-state index in [2.05, 4.69) is 5.32 Å². The highest BCUT2D eigenvalue weighted by Crippen LogP contribution is 2.25. The van der Waals surface area contributed by atoms with E-state index in [9.17, 15) is 14.4 Å². The summed E-state index contributed by atoms with van der Waals surface area (Å²) in [5.41, 5.74) is 0.497. The second-order valence-electron chi connectivity index (χ2n) is 4.96. The molecule has 1 aromatic carbocycles. The van der Waals surface area contributed by atoms with Gasteiger partial charge in [-0.2, -0.15) is 0 Å². The summed E-state index contributed by atoms with van der Waals surface area (Å²) in [6.45, 7) is 0.426. The first-order valence-electron chi connectivity index (χ1n) is 6.77. The van der Waals surface area contributed by atoms with Crippen molar-refractivity contribution >= 4 is 57.7 Å². The van der Waals surface area contributed by atoms with Crippen LogP contribution in [-0.4, -0.2) is 59.3 Å². The first-order valence-corrected chi connectivity index (χ1v) is 8.51. The van der Waals surface area contributed by atoms with Crippen molar-refractivity contribution in [1.82, 2.24) is 9.80 Å². The molecule has 0 aromatic heterocycles. The van der Waals surface area contributed by atoms with Gasteiger partial charge in [-0.3, -0.25) is 14.4 Å². The number of amides is 3. The highest BCUT2D eigenvalue weighted by atomic mass is 35.5. The molecule has 0 bridgehead atoms. The van der Waals surface area contributed by atoms with E-state index in [0.29, 0.717) is 28.0 Å². The van der Waals surface area contributed by atoms with Crippen LogP contribution in [0.4, 0.5) is 10.5 Å². The first kappa shape index (κ1) is 17.9. The molecular weight excluding hydrogens is 361 g/mol. The van der Waals surface area contributed by atoms with Crippen molar-refractivity contribution in [2.24, 2.45) is 0 Å². The van der Waals surface area contributed by atoms with E-state index in [0.717, 1.165) is 0 Å². The van der Waals surface area contributed by atoms with Gasteiger partial charge in [-0.1, -0.05) is 35.0 Å². The Hall–Kier alpha value is -1.44. The summed E-state index contributed by atoms with van der Waals surface area (Å²) in [6.07, 6.45) is 0. The lowest BCUT2D eigenvalue weighted by molar-refractivity contribution is -0.133. The molecule has 0 atom stereocenters. The summed E-state index contributed by atoms with van der Waals surface area (Å²) in [7, 11) is 1.52. The van der Waals surface area contributed by atoms with Crippen molar-refractivity contribution < 1.29 is 14.4 Å². The smallest absolute Gasteiger partial charge is 0.282 e. The van der Waals surface area contributed by atoms with E-state index < -0.39 is 0 Å². The van der Waals surface area contributed by atoms with Crippen LogP contribution in [0, 0.1) is 0 Å². The van der Waals surface area contributed by atoms with Crippen LogP contribution in [0.3, 0.4) is 0 Å². The standard InChI is InChI=1S/C14H15Cl2N3O3S/c1-18(13(21)8-19-4-5-23-14(19)22)7-12(20)17-9-2-3-10(15)11(16)6-9/h2-3,6H,4-5,7-8H2,1H3,(H,17,20). The van der Waals surface area contributed by atoms with E-state index in [4.69, 9.17) is 23.2 Å². The largest absolute Gasteiger partial charge is 0.335 e. The summed E-state index contributed by atoms with van der Waals surface area (Å²) in [6, 6.07) is 4.73. The number of rotatable bonds is 5. The molecule has 0 radical (unpaired) electrons. The Bertz CT molecular complexity index is 642. The van der Waals surface area contributed by atoms with Crippen molar-refractivity contribution in [3.63, 3.8) is 0 Å². The van der Waals surface area contributed by atoms with Crippen molar-refractivity contribution in [1.29, 1.82) is 0 Å². The van der Waals surface area contributed by atoms with Gasteiger partial charge >= 0.3 is 0 Å². The molecule has 1 aromatic rings. The molecular formula is C14H15Cl2N3O3S. The van der Waals surface area contributed by atoms with E-state index >= 15 is 0 Å². The zero-order valence-electron chi connectivity index (χ0n) is 12.3. The van der Waals surface area contributed by atoms with E-state index in [-0.39, 0.29) is 30.1 Å². The molecule has 6 nitrogen and oxygen atoms in total. The summed E-state index contributed by atoms with van der Waals surface area (Å²) >= 11 is 12.9. The fourth-order valence-corrected chi connectivity index (χ4v) is 3.05. The van der Waals surface area contributed by atoms with Crippen molar-refractivity contribution in [2.45, 2.75) is 0 Å².